The van der Waals surface area contributed by atoms with E-state index in [4.69, 9.17) is 25.5 Å². The van der Waals surface area contributed by atoms with E-state index < -0.39 is 26.8 Å². The second-order valence-corrected chi connectivity index (χ2v) is 22.4. The van der Waals surface area contributed by atoms with Gasteiger partial charge in [-0.25, -0.2) is 9.97 Å². The van der Waals surface area contributed by atoms with Crippen LogP contribution in [-0.2, 0) is 25.5 Å². The number of aliphatic hydroxyl groups is 1. The van der Waals surface area contributed by atoms with Crippen LogP contribution in [0.25, 0.3) is 11.2 Å². The number of aromatic amines is 1. The number of hydrogen-bond donors (Lipinski definition) is 2. The number of fused-ring (bicyclic) bond motifs is 1. The summed E-state index contributed by atoms with van der Waals surface area (Å²) in [5.41, 5.74) is 1.60. The molecule has 2 unspecified atom stereocenters. The van der Waals surface area contributed by atoms with E-state index in [1.54, 1.807) is 22.3 Å². The van der Waals surface area contributed by atoms with E-state index in [9.17, 15) is 9.90 Å². The Morgan fingerprint density at radius 3 is 2.77 bits per heavy atom. The van der Waals surface area contributed by atoms with Gasteiger partial charge in [0, 0.05) is 6.42 Å². The molecule has 9 nitrogen and oxygen atoms in total. The third-order valence-corrected chi connectivity index (χ3v) is 17.5. The molecule has 39 heavy (non-hydrogen) atoms. The second-order valence-electron chi connectivity index (χ2n) is 12.6. The van der Waals surface area contributed by atoms with Gasteiger partial charge in [0.15, 0.2) is 19.5 Å². The highest BCUT2D eigenvalue weighted by Gasteiger charge is 2.48. The van der Waals surface area contributed by atoms with Crippen molar-refractivity contribution >= 4 is 48.8 Å². The van der Waals surface area contributed by atoms with Crippen LogP contribution in [0, 0.1) is 5.92 Å². The van der Waals surface area contributed by atoms with E-state index >= 15 is 0 Å². The maximum Gasteiger partial charge on any atom is 0.415 e. The van der Waals surface area contributed by atoms with Gasteiger partial charge in [-0.3, -0.25) is 9.36 Å². The molecule has 1 aliphatic carbocycles. The molecule has 0 radical (unpaired) electrons. The Morgan fingerprint density at radius 1 is 1.41 bits per heavy atom. The zero-order valence-electron chi connectivity index (χ0n) is 24.0. The average Bonchev–Trinajstić information content (AvgIpc) is 3.43. The molecule has 0 amide bonds. The fourth-order valence-corrected chi connectivity index (χ4v) is 11.1. The van der Waals surface area contributed by atoms with Crippen molar-refractivity contribution in [3.05, 3.63) is 35.2 Å². The lowest BCUT2D eigenvalue weighted by molar-refractivity contribution is -0.0334. The van der Waals surface area contributed by atoms with E-state index in [-0.39, 0.29) is 33.1 Å². The first-order valence-electron chi connectivity index (χ1n) is 13.5. The molecule has 2 aliphatic rings. The highest BCUT2D eigenvalue weighted by atomic mass is 32.9. The molecule has 216 valence electrons. The molecule has 0 aromatic carbocycles. The summed E-state index contributed by atoms with van der Waals surface area (Å²) in [4.78, 5) is 23.4. The van der Waals surface area contributed by atoms with Crippen molar-refractivity contribution < 1.29 is 18.8 Å². The maximum absolute atomic E-state index is 12.2. The van der Waals surface area contributed by atoms with Crippen LogP contribution < -0.4 is 5.56 Å². The van der Waals surface area contributed by atoms with Crippen molar-refractivity contribution in [3.8, 4) is 0 Å². The smallest absolute Gasteiger partial charge is 0.411 e. The Morgan fingerprint density at radius 2 is 2.13 bits per heavy atom. The van der Waals surface area contributed by atoms with Gasteiger partial charge in [-0.05, 0) is 57.2 Å². The van der Waals surface area contributed by atoms with E-state index in [2.05, 4.69) is 62.3 Å². The maximum atomic E-state index is 12.2. The Balaban J connectivity index is 1.47. The minimum absolute atomic E-state index is 0.0287. The number of nitrogens with zero attached hydrogens (tertiary/aromatic N) is 3. The van der Waals surface area contributed by atoms with Gasteiger partial charge in [-0.15, -0.1) is 0 Å². The lowest BCUT2D eigenvalue weighted by Gasteiger charge is -2.39. The molecule has 1 saturated heterocycles. The molecule has 3 heterocycles. The first-order chi connectivity index (χ1) is 18.1. The summed E-state index contributed by atoms with van der Waals surface area (Å²) in [6.45, 7) is 19.6. The van der Waals surface area contributed by atoms with Crippen molar-refractivity contribution in [1.82, 2.24) is 19.5 Å². The van der Waals surface area contributed by atoms with Crippen LogP contribution in [0.5, 0.6) is 0 Å². The topological polar surface area (TPSA) is 111 Å². The number of H-pyrrole nitrogens is 1. The normalized spacial score (nSPS) is 30.6. The predicted molar refractivity (Wildman–Crippen MR) is 163 cm³/mol. The molecule has 13 heteroatoms. The Bertz CT molecular complexity index is 1280. The number of allylic oxidation sites excluding steroid dienone is 1. The fourth-order valence-electron chi connectivity index (χ4n) is 4.92. The van der Waals surface area contributed by atoms with Crippen LogP contribution in [0.4, 0.5) is 0 Å². The lowest BCUT2D eigenvalue weighted by atomic mass is 9.77. The SMILES string of the molecule is C=C(C)[C@H]1CC[C@@](C)(S[P+](=S)OC[C@H]2O[C@@H](n3cnc4c(=O)[nH]cnc43)CC2O[Si](C)(C)C(C)(C)C)[C@H](O)C1. The third kappa shape index (κ3) is 6.75. The zero-order valence-corrected chi connectivity index (χ0v) is 27.5. The first-order valence-corrected chi connectivity index (χ1v) is 20.1. The van der Waals surface area contributed by atoms with Crippen molar-refractivity contribution in [2.24, 2.45) is 5.92 Å². The third-order valence-electron chi connectivity index (χ3n) is 8.63. The summed E-state index contributed by atoms with van der Waals surface area (Å²) >= 11 is 7.35. The van der Waals surface area contributed by atoms with Crippen molar-refractivity contribution in [3.63, 3.8) is 0 Å². The van der Waals surface area contributed by atoms with E-state index in [1.807, 2.05) is 6.92 Å². The number of ether oxygens (including phenoxy) is 1. The molecule has 1 aliphatic heterocycles. The highest BCUT2D eigenvalue weighted by Crippen LogP contribution is 2.55. The van der Waals surface area contributed by atoms with Crippen LogP contribution in [0.3, 0.4) is 0 Å². The number of nitrogens with one attached hydrogen (secondary N) is 1. The lowest BCUT2D eigenvalue weighted by Crippen LogP contribution is -2.46. The number of rotatable bonds is 9. The second kappa shape index (κ2) is 11.7. The molecule has 2 aromatic heterocycles. The molecule has 2 N–H and O–H groups in total. The van der Waals surface area contributed by atoms with Gasteiger partial charge in [0.05, 0.1) is 29.6 Å². The van der Waals surface area contributed by atoms with Crippen molar-refractivity contribution in [2.75, 3.05) is 6.61 Å². The largest absolute Gasteiger partial charge is 0.415 e. The Hall–Kier alpha value is -0.983. The van der Waals surface area contributed by atoms with E-state index in [0.29, 0.717) is 31.0 Å². The van der Waals surface area contributed by atoms with Crippen molar-refractivity contribution in [1.29, 1.82) is 0 Å². The van der Waals surface area contributed by atoms with Crippen LogP contribution in [0.2, 0.25) is 18.1 Å². The number of aromatic nitrogens is 4. The van der Waals surface area contributed by atoms with Gasteiger partial charge < -0.3 is 19.3 Å². The number of hydrogen-bond acceptors (Lipinski definition) is 9. The van der Waals surface area contributed by atoms with E-state index in [1.165, 1.54) is 6.33 Å². The van der Waals surface area contributed by atoms with Crippen LogP contribution in [0.1, 0.15) is 66.5 Å². The molecule has 2 aromatic rings. The molecule has 1 saturated carbocycles. The molecule has 7 atom stereocenters. The first kappa shape index (κ1) is 31.0. The summed E-state index contributed by atoms with van der Waals surface area (Å²) in [6, 6.07) is 0. The summed E-state index contributed by atoms with van der Waals surface area (Å²) in [5, 5.41) is 11.0. The summed E-state index contributed by atoms with van der Waals surface area (Å²) in [6.07, 6.45) is 3.48. The molecule has 0 bridgehead atoms. The van der Waals surface area contributed by atoms with Gasteiger partial charge in [-0.2, -0.15) is 4.52 Å². The fraction of sp³-hybridized carbons (Fsp3) is 0.731. The summed E-state index contributed by atoms with van der Waals surface area (Å²) < 4.78 is 21.0. The Kier molecular flexibility index (Phi) is 9.30. The monoisotopic (exact) mass is 613 g/mol. The van der Waals surface area contributed by atoms with Gasteiger partial charge in [0.25, 0.3) is 5.56 Å². The highest BCUT2D eigenvalue weighted by molar-refractivity contribution is 8.63. The molecule has 4 rings (SSSR count). The molecular formula is C26H42N4O5PS2Si+. The average molecular weight is 614 g/mol. The van der Waals surface area contributed by atoms with Gasteiger partial charge in [0.2, 0.25) is 11.8 Å². The van der Waals surface area contributed by atoms with Gasteiger partial charge in [0.1, 0.15) is 30.3 Å². The van der Waals surface area contributed by atoms with Crippen LogP contribution in [0.15, 0.2) is 29.6 Å². The predicted octanol–water partition coefficient (Wildman–Crippen LogP) is 5.82. The molecular weight excluding hydrogens is 572 g/mol. The summed E-state index contributed by atoms with van der Waals surface area (Å²) in [5.74, 6) is 0.354. The zero-order chi connectivity index (χ0) is 28.8. The Labute approximate surface area is 241 Å². The molecule has 0 spiro atoms. The van der Waals surface area contributed by atoms with Gasteiger partial charge >= 0.3 is 6.13 Å². The summed E-state index contributed by atoms with van der Waals surface area (Å²) in [7, 11) is -2.11. The van der Waals surface area contributed by atoms with Crippen molar-refractivity contribution in [2.45, 2.75) is 108 Å². The quantitative estimate of drug-likeness (QED) is 0.205. The van der Waals surface area contributed by atoms with Gasteiger partial charge in [-0.1, -0.05) is 32.9 Å². The van der Waals surface area contributed by atoms with Crippen LogP contribution >= 0.6 is 17.5 Å². The minimum atomic E-state index is -2.11. The number of imidazole rings is 1. The van der Waals surface area contributed by atoms with Crippen LogP contribution in [-0.4, -0.2) is 62.6 Å². The standard InChI is InChI=1S/C26H41N4O5PS2Si/c1-16(2)17-9-10-26(6,20(31)11-17)38-36(37)33-13-19-18(35-39(7,8)25(3,4)5)12-21(34-19)30-15-29-22-23(30)27-14-28-24(22)32/h14-15,17-21,31H,1,9-13H2,2-8H3/p+1/t17-,18?,19+,20+,21+,26+/m0/s1. The minimum Gasteiger partial charge on any atom is -0.411 e. The number of aliphatic hydroxyl groups excluding tert-OH is 1. The van der Waals surface area contributed by atoms with E-state index in [0.717, 1.165) is 18.4 Å². The molecule has 2 fully saturated rings.